The highest BCUT2D eigenvalue weighted by Gasteiger charge is 2.27. The fourth-order valence-corrected chi connectivity index (χ4v) is 3.05. The third-order valence-corrected chi connectivity index (χ3v) is 4.45. The van der Waals surface area contributed by atoms with Crippen molar-refractivity contribution in [3.05, 3.63) is 35.2 Å². The summed E-state index contributed by atoms with van der Waals surface area (Å²) in [5.74, 6) is 0.998. The molecule has 2 N–H and O–H groups in total. The Labute approximate surface area is 152 Å². The number of aromatic amines is 1. The number of hydrogen-bond donors (Lipinski definition) is 2. The van der Waals surface area contributed by atoms with Crippen molar-refractivity contribution in [3.63, 3.8) is 0 Å². The van der Waals surface area contributed by atoms with E-state index in [1.54, 1.807) is 38.4 Å². The van der Waals surface area contributed by atoms with E-state index in [0.29, 0.717) is 42.6 Å². The molecule has 3 rings (SSSR count). The smallest absolute Gasteiger partial charge is 0.279 e. The molecule has 0 saturated carbocycles. The quantitative estimate of drug-likeness (QED) is 0.775. The minimum atomic E-state index is -0.171. The molecule has 140 valence electrons. The molecule has 8 heteroatoms. The number of nitrogens with one attached hydrogen (secondary N) is 2. The van der Waals surface area contributed by atoms with Crippen LogP contribution >= 0.6 is 0 Å². The van der Waals surface area contributed by atoms with Gasteiger partial charge in [-0.3, -0.25) is 9.89 Å². The Morgan fingerprint density at radius 2 is 2.04 bits per heavy atom. The maximum absolute atomic E-state index is 13.2. The number of amides is 1. The lowest BCUT2D eigenvalue weighted by molar-refractivity contribution is 0.0970. The number of ether oxygens (including phenoxy) is 3. The summed E-state index contributed by atoms with van der Waals surface area (Å²) in [6.07, 6.45) is 0.837. The SMILES string of the molecule is COCCN(C(=O)c1n[nH]c2c1CNCC2)c1ccc(OC)c(OC)c1. The van der Waals surface area contributed by atoms with E-state index in [0.717, 1.165) is 24.2 Å². The summed E-state index contributed by atoms with van der Waals surface area (Å²) in [6.45, 7) is 2.33. The summed E-state index contributed by atoms with van der Waals surface area (Å²) < 4.78 is 15.8. The maximum Gasteiger partial charge on any atom is 0.279 e. The molecule has 0 aliphatic carbocycles. The van der Waals surface area contributed by atoms with Crippen molar-refractivity contribution in [2.75, 3.05) is 45.9 Å². The Morgan fingerprint density at radius 3 is 2.77 bits per heavy atom. The van der Waals surface area contributed by atoms with E-state index in [1.807, 2.05) is 6.07 Å². The highest BCUT2D eigenvalue weighted by molar-refractivity contribution is 6.06. The van der Waals surface area contributed by atoms with Crippen LogP contribution in [0.4, 0.5) is 5.69 Å². The van der Waals surface area contributed by atoms with Crippen molar-refractivity contribution in [2.24, 2.45) is 0 Å². The van der Waals surface area contributed by atoms with Crippen molar-refractivity contribution in [1.82, 2.24) is 15.5 Å². The lowest BCUT2D eigenvalue weighted by atomic mass is 10.1. The van der Waals surface area contributed by atoms with Crippen LogP contribution in [0.1, 0.15) is 21.7 Å². The van der Waals surface area contributed by atoms with Crippen LogP contribution in [0.15, 0.2) is 18.2 Å². The van der Waals surface area contributed by atoms with Gasteiger partial charge in [-0.15, -0.1) is 0 Å². The number of fused-ring (bicyclic) bond motifs is 1. The Kier molecular flexibility index (Phi) is 5.75. The van der Waals surface area contributed by atoms with E-state index in [4.69, 9.17) is 14.2 Å². The topological polar surface area (TPSA) is 88.7 Å². The van der Waals surface area contributed by atoms with Crippen LogP contribution in [0.25, 0.3) is 0 Å². The molecule has 1 aromatic heterocycles. The van der Waals surface area contributed by atoms with Gasteiger partial charge in [-0.2, -0.15) is 5.10 Å². The first-order chi connectivity index (χ1) is 12.7. The summed E-state index contributed by atoms with van der Waals surface area (Å²) in [4.78, 5) is 14.9. The molecule has 0 atom stereocenters. The third kappa shape index (κ3) is 3.51. The molecule has 2 heterocycles. The second kappa shape index (κ2) is 8.20. The van der Waals surface area contributed by atoms with Gasteiger partial charge >= 0.3 is 0 Å². The number of rotatable bonds is 7. The van der Waals surface area contributed by atoms with E-state index < -0.39 is 0 Å². The number of nitrogens with zero attached hydrogens (tertiary/aromatic N) is 2. The van der Waals surface area contributed by atoms with Crippen LogP contribution in [0, 0.1) is 0 Å². The molecule has 0 bridgehead atoms. The molecule has 8 nitrogen and oxygen atoms in total. The van der Waals surface area contributed by atoms with E-state index in [2.05, 4.69) is 15.5 Å². The van der Waals surface area contributed by atoms with Gasteiger partial charge in [0, 0.05) is 56.2 Å². The molecule has 0 radical (unpaired) electrons. The third-order valence-electron chi connectivity index (χ3n) is 4.45. The van der Waals surface area contributed by atoms with Crippen LogP contribution < -0.4 is 19.7 Å². The lowest BCUT2D eigenvalue weighted by Gasteiger charge is -2.23. The van der Waals surface area contributed by atoms with Crippen molar-refractivity contribution >= 4 is 11.6 Å². The fourth-order valence-electron chi connectivity index (χ4n) is 3.05. The van der Waals surface area contributed by atoms with Gasteiger partial charge in [-0.25, -0.2) is 0 Å². The van der Waals surface area contributed by atoms with Crippen LogP contribution in [-0.2, 0) is 17.7 Å². The Morgan fingerprint density at radius 1 is 1.23 bits per heavy atom. The number of aromatic nitrogens is 2. The number of methoxy groups -OCH3 is 3. The zero-order chi connectivity index (χ0) is 18.5. The van der Waals surface area contributed by atoms with Crippen molar-refractivity contribution in [3.8, 4) is 11.5 Å². The molecular weight excluding hydrogens is 336 g/mol. The van der Waals surface area contributed by atoms with Crippen LogP contribution in [-0.4, -0.2) is 57.1 Å². The van der Waals surface area contributed by atoms with Gasteiger partial charge < -0.3 is 24.4 Å². The van der Waals surface area contributed by atoms with Gasteiger partial charge in [0.25, 0.3) is 5.91 Å². The van der Waals surface area contributed by atoms with Crippen LogP contribution in [0.3, 0.4) is 0 Å². The van der Waals surface area contributed by atoms with Crippen LogP contribution in [0.5, 0.6) is 11.5 Å². The van der Waals surface area contributed by atoms with Crippen molar-refractivity contribution < 1.29 is 19.0 Å². The molecule has 0 spiro atoms. The first kappa shape index (κ1) is 18.2. The molecule has 0 fully saturated rings. The molecule has 1 aromatic carbocycles. The highest BCUT2D eigenvalue weighted by atomic mass is 16.5. The number of hydrogen-bond acceptors (Lipinski definition) is 6. The van der Waals surface area contributed by atoms with Crippen molar-refractivity contribution in [2.45, 2.75) is 13.0 Å². The minimum absolute atomic E-state index is 0.171. The maximum atomic E-state index is 13.2. The molecule has 0 saturated heterocycles. The summed E-state index contributed by atoms with van der Waals surface area (Å²) in [7, 11) is 4.75. The average molecular weight is 360 g/mol. The average Bonchev–Trinajstić information content (AvgIpc) is 3.12. The number of benzene rings is 1. The molecule has 0 unspecified atom stereocenters. The summed E-state index contributed by atoms with van der Waals surface area (Å²) >= 11 is 0. The summed E-state index contributed by atoms with van der Waals surface area (Å²) in [6, 6.07) is 5.39. The Hall–Kier alpha value is -2.58. The fraction of sp³-hybridized carbons (Fsp3) is 0.444. The highest BCUT2D eigenvalue weighted by Crippen LogP contribution is 2.32. The molecule has 2 aromatic rings. The largest absolute Gasteiger partial charge is 0.493 e. The van der Waals surface area contributed by atoms with Crippen LogP contribution in [0.2, 0.25) is 0 Å². The predicted octanol–water partition coefficient (Wildman–Crippen LogP) is 1.37. The van der Waals surface area contributed by atoms with Gasteiger partial charge in [0.1, 0.15) is 0 Å². The summed E-state index contributed by atoms with van der Waals surface area (Å²) in [5, 5.41) is 10.6. The lowest BCUT2D eigenvalue weighted by Crippen LogP contribution is -2.35. The minimum Gasteiger partial charge on any atom is -0.493 e. The zero-order valence-corrected chi connectivity index (χ0v) is 15.3. The molecule has 1 aliphatic rings. The Bertz CT molecular complexity index is 775. The number of anilines is 1. The molecule has 1 amide bonds. The normalized spacial score (nSPS) is 13.2. The standard InChI is InChI=1S/C18H24N4O4/c1-24-9-8-22(12-4-5-15(25-2)16(10-12)26-3)18(23)17-13-11-19-7-6-14(13)20-21-17/h4-5,10,19H,6-9,11H2,1-3H3,(H,20,21). The van der Waals surface area contributed by atoms with Gasteiger partial charge in [0.05, 0.1) is 20.8 Å². The first-order valence-corrected chi connectivity index (χ1v) is 8.49. The summed E-state index contributed by atoms with van der Waals surface area (Å²) in [5.41, 5.74) is 3.10. The van der Waals surface area contributed by atoms with Gasteiger partial charge in [-0.1, -0.05) is 0 Å². The second-order valence-corrected chi connectivity index (χ2v) is 5.94. The van der Waals surface area contributed by atoms with Gasteiger partial charge in [-0.05, 0) is 12.1 Å². The van der Waals surface area contributed by atoms with Crippen molar-refractivity contribution in [1.29, 1.82) is 0 Å². The monoisotopic (exact) mass is 360 g/mol. The molecule has 1 aliphatic heterocycles. The molecular formula is C18H24N4O4. The second-order valence-electron chi connectivity index (χ2n) is 5.94. The van der Waals surface area contributed by atoms with Gasteiger partial charge in [0.2, 0.25) is 0 Å². The predicted molar refractivity (Wildman–Crippen MR) is 97.1 cm³/mol. The number of carbonyl (C=O) groups is 1. The van der Waals surface area contributed by atoms with E-state index >= 15 is 0 Å². The van der Waals surface area contributed by atoms with Gasteiger partial charge in [0.15, 0.2) is 17.2 Å². The first-order valence-electron chi connectivity index (χ1n) is 8.49. The zero-order valence-electron chi connectivity index (χ0n) is 15.3. The Balaban J connectivity index is 1.95. The molecule has 26 heavy (non-hydrogen) atoms. The van der Waals surface area contributed by atoms with E-state index in [1.165, 1.54) is 0 Å². The number of carbonyl (C=O) groups excluding carboxylic acids is 1. The number of H-pyrrole nitrogens is 1. The van der Waals surface area contributed by atoms with E-state index in [9.17, 15) is 4.79 Å². The van der Waals surface area contributed by atoms with E-state index in [-0.39, 0.29) is 5.91 Å².